The molecule has 1 saturated heterocycles. The second-order valence-electron chi connectivity index (χ2n) is 9.74. The van der Waals surface area contributed by atoms with Gasteiger partial charge in [0, 0.05) is 17.8 Å². The number of hydrogen-bond acceptors (Lipinski definition) is 2. The van der Waals surface area contributed by atoms with E-state index in [2.05, 4.69) is 29.6 Å². The van der Waals surface area contributed by atoms with Crippen LogP contribution < -0.4 is 5.32 Å². The van der Waals surface area contributed by atoms with E-state index in [9.17, 15) is 9.18 Å². The van der Waals surface area contributed by atoms with Crippen LogP contribution in [0.5, 0.6) is 0 Å². The highest BCUT2D eigenvalue weighted by Crippen LogP contribution is 2.45. The van der Waals surface area contributed by atoms with Crippen molar-refractivity contribution in [2.24, 2.45) is 5.92 Å². The first-order valence-electron chi connectivity index (χ1n) is 12.1. The Labute approximate surface area is 185 Å². The topological polar surface area (TPSA) is 32.3 Å². The first-order chi connectivity index (χ1) is 15.1. The summed E-state index contributed by atoms with van der Waals surface area (Å²) in [5.41, 5.74) is 3.30. The second kappa shape index (κ2) is 8.64. The van der Waals surface area contributed by atoms with E-state index >= 15 is 0 Å². The van der Waals surface area contributed by atoms with Gasteiger partial charge >= 0.3 is 0 Å². The molecule has 0 radical (unpaired) electrons. The van der Waals surface area contributed by atoms with E-state index < -0.39 is 5.82 Å². The van der Waals surface area contributed by atoms with Crippen LogP contribution in [-0.4, -0.2) is 22.9 Å². The lowest BCUT2D eigenvalue weighted by Gasteiger charge is -2.44. The number of amides is 1. The lowest BCUT2D eigenvalue weighted by molar-refractivity contribution is 0.0339. The van der Waals surface area contributed by atoms with Gasteiger partial charge in [0.25, 0.3) is 5.91 Å². The highest BCUT2D eigenvalue weighted by molar-refractivity contribution is 5.96. The van der Waals surface area contributed by atoms with Gasteiger partial charge in [0.2, 0.25) is 0 Å². The van der Waals surface area contributed by atoms with Crippen molar-refractivity contribution in [1.82, 2.24) is 4.90 Å². The summed E-state index contributed by atoms with van der Waals surface area (Å²) < 4.78 is 14.7. The molecule has 3 unspecified atom stereocenters. The minimum absolute atomic E-state index is 0.0198. The van der Waals surface area contributed by atoms with E-state index in [1.807, 2.05) is 17.9 Å². The number of halogens is 1. The SMILES string of the molecule is Cc1cccc(F)c1C(=O)N1C(c2ccc(NC3CCCC3)cc2)CCC2CCCC21. The molecule has 0 spiro atoms. The minimum atomic E-state index is -0.403. The molecule has 4 heteroatoms. The summed E-state index contributed by atoms with van der Waals surface area (Å²) in [6, 6.07) is 14.4. The van der Waals surface area contributed by atoms with Crippen molar-refractivity contribution >= 4 is 11.6 Å². The molecule has 2 aliphatic carbocycles. The van der Waals surface area contributed by atoms with Crippen molar-refractivity contribution in [2.45, 2.75) is 82.8 Å². The maximum absolute atomic E-state index is 14.7. The zero-order chi connectivity index (χ0) is 21.4. The number of benzene rings is 2. The normalized spacial score (nSPS) is 26.1. The van der Waals surface area contributed by atoms with Crippen molar-refractivity contribution in [2.75, 3.05) is 5.32 Å². The average Bonchev–Trinajstić information content (AvgIpc) is 3.45. The third kappa shape index (κ3) is 3.97. The molecule has 3 aliphatic rings. The fraction of sp³-hybridized carbons (Fsp3) is 0.519. The summed E-state index contributed by atoms with van der Waals surface area (Å²) in [6.07, 6.45) is 10.6. The molecule has 0 aromatic heterocycles. The Morgan fingerprint density at radius 1 is 0.935 bits per heavy atom. The van der Waals surface area contributed by atoms with Gasteiger partial charge in [0.05, 0.1) is 11.6 Å². The molecule has 1 aliphatic heterocycles. The Hall–Kier alpha value is -2.36. The van der Waals surface area contributed by atoms with Gasteiger partial charge in [0.1, 0.15) is 5.82 Å². The number of piperidine rings is 1. The fourth-order valence-corrected chi connectivity index (χ4v) is 6.22. The van der Waals surface area contributed by atoms with Crippen molar-refractivity contribution in [3.05, 3.63) is 65.0 Å². The summed E-state index contributed by atoms with van der Waals surface area (Å²) in [7, 11) is 0. The summed E-state index contributed by atoms with van der Waals surface area (Å²) >= 11 is 0. The monoisotopic (exact) mass is 420 g/mol. The molecule has 2 aromatic rings. The molecule has 0 bridgehead atoms. The summed E-state index contributed by atoms with van der Waals surface area (Å²) in [4.78, 5) is 15.8. The molecular formula is C27H33FN2O. The molecule has 3 fully saturated rings. The number of nitrogens with zero attached hydrogens (tertiary/aromatic N) is 1. The predicted molar refractivity (Wildman–Crippen MR) is 123 cm³/mol. The van der Waals surface area contributed by atoms with Gasteiger partial charge in [-0.05, 0) is 80.7 Å². The molecule has 31 heavy (non-hydrogen) atoms. The Kier molecular flexibility index (Phi) is 5.73. The van der Waals surface area contributed by atoms with Crippen LogP contribution >= 0.6 is 0 Å². The van der Waals surface area contributed by atoms with E-state index in [-0.39, 0.29) is 23.6 Å². The van der Waals surface area contributed by atoms with Gasteiger partial charge in [-0.1, -0.05) is 43.5 Å². The van der Waals surface area contributed by atoms with Gasteiger partial charge in [-0.2, -0.15) is 0 Å². The highest BCUT2D eigenvalue weighted by atomic mass is 19.1. The maximum Gasteiger partial charge on any atom is 0.257 e. The van der Waals surface area contributed by atoms with Crippen LogP contribution in [0.3, 0.4) is 0 Å². The quantitative estimate of drug-likeness (QED) is 0.602. The Bertz CT molecular complexity index is 915. The first-order valence-corrected chi connectivity index (χ1v) is 12.1. The number of rotatable bonds is 4. The molecule has 1 N–H and O–H groups in total. The number of hydrogen-bond donors (Lipinski definition) is 1. The molecule has 2 aromatic carbocycles. The van der Waals surface area contributed by atoms with E-state index in [1.54, 1.807) is 6.07 Å². The molecular weight excluding hydrogens is 387 g/mol. The van der Waals surface area contributed by atoms with Crippen LogP contribution in [0.4, 0.5) is 10.1 Å². The van der Waals surface area contributed by atoms with Gasteiger partial charge in [-0.3, -0.25) is 4.79 Å². The lowest BCUT2D eigenvalue weighted by Crippen LogP contribution is -2.48. The van der Waals surface area contributed by atoms with Gasteiger partial charge in [0.15, 0.2) is 0 Å². The smallest absolute Gasteiger partial charge is 0.257 e. The Balaban J connectivity index is 1.44. The number of likely N-dealkylation sites (tertiary alicyclic amines) is 1. The summed E-state index contributed by atoms with van der Waals surface area (Å²) in [6.45, 7) is 1.84. The number of aryl methyl sites for hydroxylation is 1. The molecule has 2 saturated carbocycles. The summed E-state index contributed by atoms with van der Waals surface area (Å²) in [5.74, 6) is 0.0147. The lowest BCUT2D eigenvalue weighted by atomic mass is 9.84. The van der Waals surface area contributed by atoms with E-state index in [1.165, 1.54) is 43.7 Å². The highest BCUT2D eigenvalue weighted by Gasteiger charge is 2.43. The molecule has 1 amide bonds. The molecule has 3 atom stereocenters. The maximum atomic E-state index is 14.7. The molecule has 164 valence electrons. The van der Waals surface area contributed by atoms with E-state index in [0.29, 0.717) is 12.0 Å². The molecule has 5 rings (SSSR count). The minimum Gasteiger partial charge on any atom is -0.382 e. The number of anilines is 1. The Morgan fingerprint density at radius 3 is 2.45 bits per heavy atom. The van der Waals surface area contributed by atoms with Crippen molar-refractivity contribution < 1.29 is 9.18 Å². The van der Waals surface area contributed by atoms with Gasteiger partial charge in [-0.15, -0.1) is 0 Å². The number of carbonyl (C=O) groups is 1. The number of fused-ring (bicyclic) bond motifs is 1. The van der Waals surface area contributed by atoms with Crippen LogP contribution in [0.25, 0.3) is 0 Å². The summed E-state index contributed by atoms with van der Waals surface area (Å²) in [5, 5.41) is 3.65. The standard InChI is InChI=1S/C27H33FN2O/c1-18-6-4-10-23(28)26(18)27(31)30-24-11-5-7-19(24)14-17-25(30)20-12-15-22(16-13-20)29-21-8-2-3-9-21/h4,6,10,12-13,15-16,19,21,24-25,29H,2-3,5,7-9,11,14,17H2,1H3. The Morgan fingerprint density at radius 2 is 1.71 bits per heavy atom. The number of nitrogens with one attached hydrogen (secondary N) is 1. The second-order valence-corrected chi connectivity index (χ2v) is 9.74. The van der Waals surface area contributed by atoms with Crippen LogP contribution in [0.1, 0.15) is 85.3 Å². The van der Waals surface area contributed by atoms with Crippen molar-refractivity contribution in [3.63, 3.8) is 0 Å². The van der Waals surface area contributed by atoms with E-state index in [0.717, 1.165) is 36.9 Å². The average molecular weight is 421 g/mol. The van der Waals surface area contributed by atoms with Gasteiger partial charge < -0.3 is 10.2 Å². The third-order valence-corrected chi connectivity index (χ3v) is 7.81. The van der Waals surface area contributed by atoms with Crippen LogP contribution in [-0.2, 0) is 0 Å². The zero-order valence-corrected chi connectivity index (χ0v) is 18.4. The number of carbonyl (C=O) groups excluding carboxylic acids is 1. The molecule has 3 nitrogen and oxygen atoms in total. The third-order valence-electron chi connectivity index (χ3n) is 7.81. The molecule has 1 heterocycles. The van der Waals surface area contributed by atoms with Gasteiger partial charge in [-0.25, -0.2) is 4.39 Å². The predicted octanol–water partition coefficient (Wildman–Crippen LogP) is 6.63. The van der Waals surface area contributed by atoms with Crippen molar-refractivity contribution in [3.8, 4) is 0 Å². The van der Waals surface area contributed by atoms with Crippen LogP contribution in [0, 0.1) is 18.7 Å². The van der Waals surface area contributed by atoms with E-state index in [4.69, 9.17) is 0 Å². The first kappa shape index (κ1) is 20.5. The van der Waals surface area contributed by atoms with Crippen LogP contribution in [0.2, 0.25) is 0 Å². The van der Waals surface area contributed by atoms with Crippen LogP contribution in [0.15, 0.2) is 42.5 Å². The zero-order valence-electron chi connectivity index (χ0n) is 18.4. The van der Waals surface area contributed by atoms with Crippen molar-refractivity contribution in [1.29, 1.82) is 0 Å². The largest absolute Gasteiger partial charge is 0.382 e. The fourth-order valence-electron chi connectivity index (χ4n) is 6.22.